The molecule has 0 spiro atoms. The van der Waals surface area contributed by atoms with Crippen molar-refractivity contribution in [3.05, 3.63) is 65.2 Å². The summed E-state index contributed by atoms with van der Waals surface area (Å²) < 4.78 is 29.1. The van der Waals surface area contributed by atoms with Gasteiger partial charge in [0.25, 0.3) is 5.91 Å². The molecule has 0 saturated carbocycles. The number of benzene rings is 2. The molecule has 1 aliphatic rings. The fraction of sp³-hybridized carbons (Fsp3) is 0.350. The van der Waals surface area contributed by atoms with E-state index >= 15 is 0 Å². The molecule has 2 aromatic rings. The summed E-state index contributed by atoms with van der Waals surface area (Å²) in [7, 11) is -1.92. The summed E-state index contributed by atoms with van der Waals surface area (Å²) in [6.45, 7) is 0.145. The second-order valence-electron chi connectivity index (χ2n) is 6.45. The summed E-state index contributed by atoms with van der Waals surface area (Å²) in [5.41, 5.74) is 2.91. The quantitative estimate of drug-likeness (QED) is 0.845. The van der Waals surface area contributed by atoms with Gasteiger partial charge in [0.05, 0.1) is 23.3 Å². The number of amides is 1. The molecule has 1 aliphatic carbocycles. The molecule has 1 unspecified atom stereocenters. The lowest BCUT2D eigenvalue weighted by atomic mass is 9.87. The van der Waals surface area contributed by atoms with Crippen LogP contribution < -0.4 is 5.32 Å². The third kappa shape index (κ3) is 4.14. The maximum atomic E-state index is 12.6. The van der Waals surface area contributed by atoms with E-state index in [0.717, 1.165) is 19.3 Å². The van der Waals surface area contributed by atoms with Crippen LogP contribution in [0, 0.1) is 0 Å². The van der Waals surface area contributed by atoms with Gasteiger partial charge in [-0.3, -0.25) is 4.79 Å². The van der Waals surface area contributed by atoms with Gasteiger partial charge in [-0.25, -0.2) is 8.42 Å². The molecule has 3 rings (SSSR count). The SMILES string of the molecule is COCCS(=O)(=O)c1ccc(C(=O)NC2CCCc3ccccc32)cc1. The number of sulfone groups is 1. The topological polar surface area (TPSA) is 72.5 Å². The molecule has 5 nitrogen and oxygen atoms in total. The molecule has 0 heterocycles. The van der Waals surface area contributed by atoms with Crippen molar-refractivity contribution in [1.82, 2.24) is 5.32 Å². The molecular weight excluding hydrogens is 350 g/mol. The average molecular weight is 373 g/mol. The second kappa shape index (κ2) is 8.01. The molecule has 0 aliphatic heterocycles. The van der Waals surface area contributed by atoms with Crippen molar-refractivity contribution in [2.24, 2.45) is 0 Å². The van der Waals surface area contributed by atoms with Crippen LogP contribution in [0.2, 0.25) is 0 Å². The molecule has 0 aromatic heterocycles. The molecular formula is C20H23NO4S. The van der Waals surface area contributed by atoms with Crippen molar-refractivity contribution in [3.8, 4) is 0 Å². The maximum Gasteiger partial charge on any atom is 0.251 e. The van der Waals surface area contributed by atoms with Crippen LogP contribution in [-0.4, -0.2) is 33.8 Å². The highest BCUT2D eigenvalue weighted by atomic mass is 32.2. The Balaban J connectivity index is 1.72. The van der Waals surface area contributed by atoms with E-state index in [1.54, 1.807) is 12.1 Å². The molecule has 0 fully saturated rings. The summed E-state index contributed by atoms with van der Waals surface area (Å²) in [4.78, 5) is 12.8. The van der Waals surface area contributed by atoms with Gasteiger partial charge in [-0.1, -0.05) is 24.3 Å². The zero-order valence-electron chi connectivity index (χ0n) is 14.8. The Hall–Kier alpha value is -2.18. The van der Waals surface area contributed by atoms with Gasteiger partial charge < -0.3 is 10.1 Å². The number of nitrogens with one attached hydrogen (secondary N) is 1. The summed E-state index contributed by atoms with van der Waals surface area (Å²) in [6, 6.07) is 14.3. The number of fused-ring (bicyclic) bond motifs is 1. The molecule has 2 aromatic carbocycles. The molecule has 1 atom stereocenters. The van der Waals surface area contributed by atoms with Crippen molar-refractivity contribution in [3.63, 3.8) is 0 Å². The number of carbonyl (C=O) groups excluding carboxylic acids is 1. The molecule has 26 heavy (non-hydrogen) atoms. The highest BCUT2D eigenvalue weighted by Gasteiger charge is 2.22. The third-order valence-corrected chi connectivity index (χ3v) is 6.40. The molecule has 1 N–H and O–H groups in total. The third-order valence-electron chi connectivity index (χ3n) is 4.71. The van der Waals surface area contributed by atoms with Crippen molar-refractivity contribution < 1.29 is 17.9 Å². The zero-order chi connectivity index (χ0) is 18.6. The predicted octanol–water partition coefficient (Wildman–Crippen LogP) is 2.91. The number of rotatable bonds is 6. The summed E-state index contributed by atoms with van der Waals surface area (Å²) >= 11 is 0. The van der Waals surface area contributed by atoms with Crippen LogP contribution in [-0.2, 0) is 21.0 Å². The van der Waals surface area contributed by atoms with E-state index in [1.165, 1.54) is 30.4 Å². The maximum absolute atomic E-state index is 12.6. The molecule has 1 amide bonds. The lowest BCUT2D eigenvalue weighted by Crippen LogP contribution is -2.31. The van der Waals surface area contributed by atoms with Gasteiger partial charge in [-0.2, -0.15) is 0 Å². The minimum Gasteiger partial charge on any atom is -0.384 e. The molecule has 0 bridgehead atoms. The predicted molar refractivity (Wildman–Crippen MR) is 100.0 cm³/mol. The first kappa shape index (κ1) is 18.6. The zero-order valence-corrected chi connectivity index (χ0v) is 15.6. The van der Waals surface area contributed by atoms with Crippen LogP contribution in [0.15, 0.2) is 53.4 Å². The van der Waals surface area contributed by atoms with Crippen molar-refractivity contribution in [2.75, 3.05) is 19.5 Å². The Labute approximate surface area is 154 Å². The molecule has 0 saturated heterocycles. The van der Waals surface area contributed by atoms with E-state index in [9.17, 15) is 13.2 Å². The Kier molecular flexibility index (Phi) is 5.74. The first-order chi connectivity index (χ1) is 12.5. The van der Waals surface area contributed by atoms with E-state index < -0.39 is 9.84 Å². The smallest absolute Gasteiger partial charge is 0.251 e. The van der Waals surface area contributed by atoms with Crippen LogP contribution in [0.5, 0.6) is 0 Å². The van der Waals surface area contributed by atoms with Crippen molar-refractivity contribution >= 4 is 15.7 Å². The minimum absolute atomic E-state index is 0.00226. The van der Waals surface area contributed by atoms with Gasteiger partial charge in [-0.15, -0.1) is 0 Å². The van der Waals surface area contributed by atoms with Crippen LogP contribution in [0.3, 0.4) is 0 Å². The highest BCUT2D eigenvalue weighted by molar-refractivity contribution is 7.91. The number of ether oxygens (including phenoxy) is 1. The van der Waals surface area contributed by atoms with Gasteiger partial charge in [-0.05, 0) is 54.7 Å². The molecule has 0 radical (unpaired) electrons. The fourth-order valence-corrected chi connectivity index (χ4v) is 4.44. The fourth-order valence-electron chi connectivity index (χ4n) is 3.27. The standard InChI is InChI=1S/C20H23NO4S/c1-25-13-14-26(23,24)17-11-9-16(10-12-17)20(22)21-19-8-4-6-15-5-2-3-7-18(15)19/h2-3,5,7,9-12,19H,4,6,8,13-14H2,1H3,(H,21,22). The number of methoxy groups -OCH3 is 1. The van der Waals surface area contributed by atoms with Crippen LogP contribution >= 0.6 is 0 Å². The summed E-state index contributed by atoms with van der Waals surface area (Å²) in [5.74, 6) is -0.263. The van der Waals surface area contributed by atoms with E-state index in [1.807, 2.05) is 12.1 Å². The van der Waals surface area contributed by atoms with E-state index in [0.29, 0.717) is 5.56 Å². The lowest BCUT2D eigenvalue weighted by Gasteiger charge is -2.26. The number of hydrogen-bond acceptors (Lipinski definition) is 4. The van der Waals surface area contributed by atoms with Crippen LogP contribution in [0.1, 0.15) is 40.4 Å². The highest BCUT2D eigenvalue weighted by Crippen LogP contribution is 2.29. The number of aryl methyl sites for hydroxylation is 1. The Morgan fingerprint density at radius 1 is 1.15 bits per heavy atom. The Morgan fingerprint density at radius 2 is 1.88 bits per heavy atom. The second-order valence-corrected chi connectivity index (χ2v) is 8.56. The number of hydrogen-bond donors (Lipinski definition) is 1. The largest absolute Gasteiger partial charge is 0.384 e. The molecule has 138 valence electrons. The minimum atomic E-state index is -3.39. The summed E-state index contributed by atoms with van der Waals surface area (Å²) in [6.07, 6.45) is 2.99. The van der Waals surface area contributed by atoms with Gasteiger partial charge >= 0.3 is 0 Å². The first-order valence-corrected chi connectivity index (χ1v) is 10.4. The summed E-state index contributed by atoms with van der Waals surface area (Å²) in [5, 5.41) is 3.08. The van der Waals surface area contributed by atoms with Crippen LogP contribution in [0.25, 0.3) is 0 Å². The first-order valence-electron chi connectivity index (χ1n) is 8.72. The lowest BCUT2D eigenvalue weighted by molar-refractivity contribution is 0.0932. The van der Waals surface area contributed by atoms with E-state index in [2.05, 4.69) is 17.4 Å². The van der Waals surface area contributed by atoms with Crippen molar-refractivity contribution in [1.29, 1.82) is 0 Å². The Morgan fingerprint density at radius 3 is 2.62 bits per heavy atom. The van der Waals surface area contributed by atoms with Gasteiger partial charge in [0, 0.05) is 12.7 Å². The van der Waals surface area contributed by atoms with Gasteiger partial charge in [0.1, 0.15) is 0 Å². The van der Waals surface area contributed by atoms with Gasteiger partial charge in [0.2, 0.25) is 0 Å². The van der Waals surface area contributed by atoms with Crippen molar-refractivity contribution in [2.45, 2.75) is 30.2 Å². The van der Waals surface area contributed by atoms with Gasteiger partial charge in [0.15, 0.2) is 9.84 Å². The Bertz CT molecular complexity index is 875. The van der Waals surface area contributed by atoms with E-state index in [4.69, 9.17) is 4.74 Å². The average Bonchev–Trinajstić information content (AvgIpc) is 2.67. The van der Waals surface area contributed by atoms with Crippen LogP contribution in [0.4, 0.5) is 0 Å². The van der Waals surface area contributed by atoms with E-state index in [-0.39, 0.29) is 29.2 Å². The number of carbonyl (C=O) groups is 1. The monoisotopic (exact) mass is 373 g/mol. The normalized spacial score (nSPS) is 16.7. The molecule has 6 heteroatoms.